The van der Waals surface area contributed by atoms with Crippen molar-refractivity contribution in [2.75, 3.05) is 0 Å². The van der Waals surface area contributed by atoms with Gasteiger partial charge in [-0.3, -0.25) is 9.97 Å². The van der Waals surface area contributed by atoms with E-state index < -0.39 is 0 Å². The summed E-state index contributed by atoms with van der Waals surface area (Å²) >= 11 is 0. The fourth-order valence-corrected chi connectivity index (χ4v) is 3.47. The van der Waals surface area contributed by atoms with Crippen molar-refractivity contribution < 1.29 is 4.74 Å². The molecule has 0 unspecified atom stereocenters. The number of nitrogens with zero attached hydrogens (tertiary/aromatic N) is 3. The molecule has 0 bridgehead atoms. The Hall–Kier alpha value is -4.31. The van der Waals surface area contributed by atoms with Crippen molar-refractivity contribution in [1.29, 1.82) is 0 Å². The lowest BCUT2D eigenvalue weighted by molar-refractivity contribution is 0.306. The van der Waals surface area contributed by atoms with Crippen LogP contribution in [0.5, 0.6) is 5.75 Å². The van der Waals surface area contributed by atoms with Crippen LogP contribution in [-0.2, 0) is 6.61 Å². The minimum absolute atomic E-state index is 0.545. The second-order valence-corrected chi connectivity index (χ2v) is 7.35. The van der Waals surface area contributed by atoms with Crippen LogP contribution in [0.4, 0.5) is 0 Å². The maximum atomic E-state index is 5.94. The first-order chi connectivity index (χ1) is 15.8. The molecule has 0 saturated carbocycles. The van der Waals surface area contributed by atoms with Crippen LogP contribution in [0.25, 0.3) is 33.9 Å². The summed E-state index contributed by atoms with van der Waals surface area (Å²) in [4.78, 5) is 13.8. The molecule has 0 N–H and O–H groups in total. The molecule has 3 aromatic heterocycles. The Bertz CT molecular complexity index is 1230. The molecule has 0 atom stereocenters. The molecular weight excluding hydrogens is 394 g/mol. The third kappa shape index (κ3) is 4.55. The Morgan fingerprint density at radius 1 is 0.531 bits per heavy atom. The lowest BCUT2D eigenvalue weighted by atomic mass is 10.0. The summed E-state index contributed by atoms with van der Waals surface area (Å²) in [5.41, 5.74) is 6.56. The first-order valence-corrected chi connectivity index (χ1v) is 10.5. The standard InChI is InChI=1S/C28H21N3O/c1-2-8-21(9-3-1)20-32-24-14-12-22(13-15-24)23-18-27(25-10-4-6-16-29-25)31-28(19-23)26-11-5-7-17-30-26/h1-19H,20H2. The van der Waals surface area contributed by atoms with Crippen LogP contribution in [0.3, 0.4) is 0 Å². The van der Waals surface area contributed by atoms with Gasteiger partial charge in [0.1, 0.15) is 12.4 Å². The molecule has 0 radical (unpaired) electrons. The van der Waals surface area contributed by atoms with Gasteiger partial charge in [-0.1, -0.05) is 54.6 Å². The molecular formula is C28H21N3O. The number of ether oxygens (including phenoxy) is 1. The lowest BCUT2D eigenvalue weighted by Gasteiger charge is -2.10. The van der Waals surface area contributed by atoms with Crippen LogP contribution in [-0.4, -0.2) is 15.0 Å². The zero-order valence-electron chi connectivity index (χ0n) is 17.4. The van der Waals surface area contributed by atoms with Crippen molar-refractivity contribution in [3.8, 4) is 39.7 Å². The summed E-state index contributed by atoms with van der Waals surface area (Å²) in [6.45, 7) is 0.545. The normalized spacial score (nSPS) is 10.6. The van der Waals surface area contributed by atoms with Gasteiger partial charge in [-0.05, 0) is 65.2 Å². The third-order valence-electron chi connectivity index (χ3n) is 5.12. The summed E-state index contributed by atoms with van der Waals surface area (Å²) in [6, 6.07) is 34.1. The van der Waals surface area contributed by atoms with Crippen molar-refractivity contribution in [2.45, 2.75) is 6.61 Å². The summed E-state index contributed by atoms with van der Waals surface area (Å²) in [6.07, 6.45) is 3.56. The zero-order chi connectivity index (χ0) is 21.6. The molecule has 32 heavy (non-hydrogen) atoms. The van der Waals surface area contributed by atoms with Crippen molar-refractivity contribution in [2.24, 2.45) is 0 Å². The maximum absolute atomic E-state index is 5.94. The average Bonchev–Trinajstić information content (AvgIpc) is 2.89. The largest absolute Gasteiger partial charge is 0.489 e. The molecule has 0 aliphatic rings. The van der Waals surface area contributed by atoms with Crippen molar-refractivity contribution in [3.63, 3.8) is 0 Å². The molecule has 5 aromatic rings. The molecule has 2 aromatic carbocycles. The van der Waals surface area contributed by atoms with E-state index in [0.717, 1.165) is 45.2 Å². The van der Waals surface area contributed by atoms with Crippen molar-refractivity contribution in [1.82, 2.24) is 15.0 Å². The minimum atomic E-state index is 0.545. The van der Waals surface area contributed by atoms with Crippen LogP contribution in [0, 0.1) is 0 Å². The average molecular weight is 415 g/mol. The third-order valence-corrected chi connectivity index (χ3v) is 5.12. The van der Waals surface area contributed by atoms with Gasteiger partial charge in [0.05, 0.1) is 22.8 Å². The zero-order valence-corrected chi connectivity index (χ0v) is 17.4. The number of hydrogen-bond acceptors (Lipinski definition) is 4. The van der Waals surface area contributed by atoms with Gasteiger partial charge in [0.2, 0.25) is 0 Å². The quantitative estimate of drug-likeness (QED) is 0.320. The summed E-state index contributed by atoms with van der Waals surface area (Å²) < 4.78 is 5.94. The van der Waals surface area contributed by atoms with Gasteiger partial charge in [-0.15, -0.1) is 0 Å². The van der Waals surface area contributed by atoms with Crippen molar-refractivity contribution >= 4 is 0 Å². The van der Waals surface area contributed by atoms with Crippen LogP contribution < -0.4 is 4.74 Å². The fourth-order valence-electron chi connectivity index (χ4n) is 3.47. The molecule has 3 heterocycles. The Kier molecular flexibility index (Phi) is 5.66. The van der Waals surface area contributed by atoms with Gasteiger partial charge in [0, 0.05) is 12.4 Å². The Labute approximate surface area is 187 Å². The molecule has 4 heteroatoms. The molecule has 5 rings (SSSR count). The van der Waals surface area contributed by atoms with E-state index in [9.17, 15) is 0 Å². The summed E-state index contributed by atoms with van der Waals surface area (Å²) in [5.74, 6) is 0.835. The van der Waals surface area contributed by atoms with E-state index in [1.807, 2.05) is 66.7 Å². The maximum Gasteiger partial charge on any atom is 0.119 e. The highest BCUT2D eigenvalue weighted by molar-refractivity contribution is 5.74. The Balaban J connectivity index is 1.47. The van der Waals surface area contributed by atoms with Crippen LogP contribution in [0.15, 0.2) is 116 Å². The lowest BCUT2D eigenvalue weighted by Crippen LogP contribution is -1.95. The summed E-state index contributed by atoms with van der Waals surface area (Å²) in [5, 5.41) is 0. The van der Waals surface area contributed by atoms with E-state index in [-0.39, 0.29) is 0 Å². The molecule has 0 aliphatic heterocycles. The van der Waals surface area contributed by atoms with Gasteiger partial charge in [-0.25, -0.2) is 4.98 Å². The smallest absolute Gasteiger partial charge is 0.119 e. The highest BCUT2D eigenvalue weighted by atomic mass is 16.5. The van der Waals surface area contributed by atoms with Crippen LogP contribution >= 0.6 is 0 Å². The second-order valence-electron chi connectivity index (χ2n) is 7.35. The molecule has 0 aliphatic carbocycles. The van der Waals surface area contributed by atoms with Gasteiger partial charge in [0.15, 0.2) is 0 Å². The number of hydrogen-bond donors (Lipinski definition) is 0. The van der Waals surface area contributed by atoms with Gasteiger partial charge in [-0.2, -0.15) is 0 Å². The number of aromatic nitrogens is 3. The number of benzene rings is 2. The minimum Gasteiger partial charge on any atom is -0.489 e. The highest BCUT2D eigenvalue weighted by Gasteiger charge is 2.10. The van der Waals surface area contributed by atoms with Crippen LogP contribution in [0.1, 0.15) is 5.56 Å². The Morgan fingerprint density at radius 3 is 1.69 bits per heavy atom. The van der Waals surface area contributed by atoms with Gasteiger partial charge < -0.3 is 4.74 Å². The first kappa shape index (κ1) is 19.6. The number of rotatable bonds is 6. The molecule has 0 spiro atoms. The van der Waals surface area contributed by atoms with Crippen LogP contribution in [0.2, 0.25) is 0 Å². The predicted octanol–water partition coefficient (Wildman–Crippen LogP) is 6.45. The van der Waals surface area contributed by atoms with E-state index in [2.05, 4.69) is 46.4 Å². The molecule has 4 nitrogen and oxygen atoms in total. The van der Waals surface area contributed by atoms with E-state index in [4.69, 9.17) is 9.72 Å². The highest BCUT2D eigenvalue weighted by Crippen LogP contribution is 2.30. The monoisotopic (exact) mass is 415 g/mol. The van der Waals surface area contributed by atoms with E-state index in [1.165, 1.54) is 0 Å². The van der Waals surface area contributed by atoms with Gasteiger partial charge >= 0.3 is 0 Å². The number of pyridine rings is 3. The molecule has 0 amide bonds. The topological polar surface area (TPSA) is 47.9 Å². The molecule has 154 valence electrons. The van der Waals surface area contributed by atoms with E-state index in [1.54, 1.807) is 12.4 Å². The second kappa shape index (κ2) is 9.23. The first-order valence-electron chi connectivity index (χ1n) is 10.5. The molecule has 0 saturated heterocycles. The van der Waals surface area contributed by atoms with E-state index in [0.29, 0.717) is 6.61 Å². The summed E-state index contributed by atoms with van der Waals surface area (Å²) in [7, 11) is 0. The fraction of sp³-hybridized carbons (Fsp3) is 0.0357. The SMILES string of the molecule is c1ccc(COc2ccc(-c3cc(-c4ccccn4)nc(-c4ccccn4)c3)cc2)cc1. The van der Waals surface area contributed by atoms with Crippen molar-refractivity contribution in [3.05, 3.63) is 121 Å². The predicted molar refractivity (Wildman–Crippen MR) is 127 cm³/mol. The Morgan fingerprint density at radius 2 is 1.12 bits per heavy atom. The van der Waals surface area contributed by atoms with E-state index >= 15 is 0 Å². The molecule has 0 fully saturated rings. The van der Waals surface area contributed by atoms with Gasteiger partial charge in [0.25, 0.3) is 0 Å².